The fourth-order valence-electron chi connectivity index (χ4n) is 4.42. The van der Waals surface area contributed by atoms with Gasteiger partial charge in [0.05, 0.1) is 13.2 Å². The number of nitrogens with one attached hydrogen (secondary N) is 1. The van der Waals surface area contributed by atoms with Crippen LogP contribution in [-0.4, -0.2) is 92.3 Å². The van der Waals surface area contributed by atoms with Crippen LogP contribution >= 0.6 is 0 Å². The maximum atomic E-state index is 12.7. The number of amides is 1. The number of hydrogen-bond acceptors (Lipinski definition) is 6. The molecule has 0 aromatic carbocycles. The van der Waals surface area contributed by atoms with Crippen molar-refractivity contribution in [3.63, 3.8) is 0 Å². The highest BCUT2D eigenvalue weighted by molar-refractivity contribution is 5.82. The maximum Gasteiger partial charge on any atom is 0.242 e. The molecule has 0 bridgehead atoms. The van der Waals surface area contributed by atoms with Gasteiger partial charge in [-0.25, -0.2) is 4.98 Å². The number of pyridine rings is 1. The maximum absolute atomic E-state index is 12.7. The van der Waals surface area contributed by atoms with Crippen molar-refractivity contribution in [2.45, 2.75) is 18.9 Å². The van der Waals surface area contributed by atoms with Gasteiger partial charge in [0, 0.05) is 58.6 Å². The number of hydrogen-bond donors (Lipinski definition) is 1. The molecule has 7 heteroatoms. The molecule has 2 atom stereocenters. The van der Waals surface area contributed by atoms with Crippen molar-refractivity contribution in [2.24, 2.45) is 5.92 Å². The molecule has 27 heavy (non-hydrogen) atoms. The van der Waals surface area contributed by atoms with Crippen LogP contribution in [0.1, 0.15) is 12.8 Å². The summed E-state index contributed by atoms with van der Waals surface area (Å²) in [5.41, 5.74) is 0. The van der Waals surface area contributed by atoms with Crippen molar-refractivity contribution < 1.29 is 9.53 Å². The van der Waals surface area contributed by atoms with Gasteiger partial charge < -0.3 is 19.9 Å². The number of likely N-dealkylation sites (tertiary alicyclic amines) is 1. The lowest BCUT2D eigenvalue weighted by molar-refractivity contribution is -0.138. The van der Waals surface area contributed by atoms with E-state index in [1.165, 1.54) is 6.42 Å². The summed E-state index contributed by atoms with van der Waals surface area (Å²) in [4.78, 5) is 24.2. The van der Waals surface area contributed by atoms with Gasteiger partial charge in [0.25, 0.3) is 0 Å². The van der Waals surface area contributed by atoms with Gasteiger partial charge in [0.1, 0.15) is 11.9 Å². The second-order valence-electron chi connectivity index (χ2n) is 7.85. The summed E-state index contributed by atoms with van der Waals surface area (Å²) in [5.74, 6) is 1.88. The van der Waals surface area contributed by atoms with E-state index in [1.54, 1.807) is 0 Å². The minimum absolute atomic E-state index is 0.153. The highest BCUT2D eigenvalue weighted by Crippen LogP contribution is 2.20. The van der Waals surface area contributed by atoms with E-state index in [0.29, 0.717) is 19.1 Å². The summed E-state index contributed by atoms with van der Waals surface area (Å²) in [5, 5.41) is 3.29. The van der Waals surface area contributed by atoms with E-state index in [9.17, 15) is 4.79 Å². The Morgan fingerprint density at radius 2 is 2.11 bits per heavy atom. The number of nitrogens with zero attached hydrogens (tertiary/aromatic N) is 4. The largest absolute Gasteiger partial charge is 0.378 e. The Balaban J connectivity index is 1.24. The van der Waals surface area contributed by atoms with E-state index in [-0.39, 0.29) is 11.9 Å². The number of aromatic nitrogens is 1. The smallest absolute Gasteiger partial charge is 0.242 e. The molecule has 1 aromatic rings. The molecular formula is C20H31N5O2. The van der Waals surface area contributed by atoms with Gasteiger partial charge in [-0.3, -0.25) is 9.69 Å². The van der Waals surface area contributed by atoms with Crippen LogP contribution in [0.25, 0.3) is 0 Å². The Bertz CT molecular complexity index is 600. The third-order valence-electron chi connectivity index (χ3n) is 5.91. The minimum atomic E-state index is -0.153. The summed E-state index contributed by atoms with van der Waals surface area (Å²) in [6.07, 6.45) is 4.19. The predicted octanol–water partition coefficient (Wildman–Crippen LogP) is 0.431. The van der Waals surface area contributed by atoms with Gasteiger partial charge in [-0.1, -0.05) is 6.07 Å². The van der Waals surface area contributed by atoms with Gasteiger partial charge in [-0.15, -0.1) is 0 Å². The van der Waals surface area contributed by atoms with Gasteiger partial charge in [0.15, 0.2) is 0 Å². The lowest BCUT2D eigenvalue weighted by Gasteiger charge is -2.40. The van der Waals surface area contributed by atoms with Gasteiger partial charge in [-0.2, -0.15) is 0 Å². The quantitative estimate of drug-likeness (QED) is 0.826. The third kappa shape index (κ3) is 4.78. The van der Waals surface area contributed by atoms with Crippen LogP contribution in [0.15, 0.2) is 24.4 Å². The molecule has 4 heterocycles. The molecule has 1 amide bonds. The van der Waals surface area contributed by atoms with Crippen LogP contribution in [-0.2, 0) is 9.53 Å². The number of anilines is 1. The fraction of sp³-hybridized carbons (Fsp3) is 0.700. The van der Waals surface area contributed by atoms with E-state index >= 15 is 0 Å². The predicted molar refractivity (Wildman–Crippen MR) is 105 cm³/mol. The van der Waals surface area contributed by atoms with Crippen LogP contribution < -0.4 is 10.2 Å². The molecule has 3 fully saturated rings. The monoisotopic (exact) mass is 373 g/mol. The standard InChI is InChI=1S/C20H31N5O2/c26-20(18-16-27-13-7-21-18)25-8-3-4-17(15-25)14-23-9-11-24(12-10-23)19-5-1-2-6-22-19/h1-2,5-6,17-18,21H,3-4,7-16H2/t17-,18-/m1/s1. The molecule has 0 saturated carbocycles. The molecule has 3 aliphatic heterocycles. The highest BCUT2D eigenvalue weighted by Gasteiger charge is 2.31. The second-order valence-corrected chi connectivity index (χ2v) is 7.85. The van der Waals surface area contributed by atoms with E-state index in [2.05, 4.69) is 37.1 Å². The van der Waals surface area contributed by atoms with Crippen molar-refractivity contribution in [3.05, 3.63) is 24.4 Å². The lowest BCUT2D eigenvalue weighted by atomic mass is 9.96. The van der Waals surface area contributed by atoms with Crippen molar-refractivity contribution in [2.75, 3.05) is 70.5 Å². The summed E-state index contributed by atoms with van der Waals surface area (Å²) in [6, 6.07) is 5.95. The molecule has 148 valence electrons. The Labute approximate surface area is 161 Å². The normalized spacial score (nSPS) is 27.6. The molecular weight excluding hydrogens is 342 g/mol. The van der Waals surface area contributed by atoms with E-state index < -0.39 is 0 Å². The number of piperazine rings is 1. The Morgan fingerprint density at radius 1 is 1.22 bits per heavy atom. The summed E-state index contributed by atoms with van der Waals surface area (Å²) >= 11 is 0. The number of carbonyl (C=O) groups excluding carboxylic acids is 1. The molecule has 3 aliphatic rings. The van der Waals surface area contributed by atoms with E-state index in [4.69, 9.17) is 4.74 Å². The summed E-state index contributed by atoms with van der Waals surface area (Å²) in [6.45, 7) is 9.04. The van der Waals surface area contributed by atoms with Crippen LogP contribution in [0.5, 0.6) is 0 Å². The summed E-state index contributed by atoms with van der Waals surface area (Å²) in [7, 11) is 0. The van der Waals surface area contributed by atoms with Crippen molar-refractivity contribution >= 4 is 11.7 Å². The van der Waals surface area contributed by atoms with Crippen LogP contribution in [0.4, 0.5) is 5.82 Å². The molecule has 7 nitrogen and oxygen atoms in total. The fourth-order valence-corrected chi connectivity index (χ4v) is 4.42. The average molecular weight is 374 g/mol. The van der Waals surface area contributed by atoms with Crippen molar-refractivity contribution in [3.8, 4) is 0 Å². The summed E-state index contributed by atoms with van der Waals surface area (Å²) < 4.78 is 5.46. The SMILES string of the molecule is O=C([C@H]1COCCN1)N1CCC[C@H](CN2CCN(c3ccccn3)CC2)C1. The Morgan fingerprint density at radius 3 is 2.85 bits per heavy atom. The zero-order chi connectivity index (χ0) is 18.5. The Hall–Kier alpha value is -1.70. The van der Waals surface area contributed by atoms with Crippen molar-refractivity contribution in [1.82, 2.24) is 20.1 Å². The number of carbonyl (C=O) groups is 1. The molecule has 4 rings (SSSR count). The van der Waals surface area contributed by atoms with Crippen LogP contribution in [0, 0.1) is 5.92 Å². The minimum Gasteiger partial charge on any atom is -0.378 e. The lowest BCUT2D eigenvalue weighted by Crippen LogP contribution is -2.55. The molecule has 1 aromatic heterocycles. The first-order chi connectivity index (χ1) is 13.3. The van der Waals surface area contributed by atoms with E-state index in [0.717, 1.165) is 64.6 Å². The van der Waals surface area contributed by atoms with Crippen LogP contribution in [0.2, 0.25) is 0 Å². The zero-order valence-corrected chi connectivity index (χ0v) is 16.1. The Kier molecular flexibility index (Phi) is 6.21. The van der Waals surface area contributed by atoms with Gasteiger partial charge in [-0.05, 0) is 30.9 Å². The molecule has 0 unspecified atom stereocenters. The highest BCUT2D eigenvalue weighted by atomic mass is 16.5. The number of morpholine rings is 1. The first kappa shape index (κ1) is 18.7. The molecule has 1 N–H and O–H groups in total. The number of rotatable bonds is 4. The molecule has 0 spiro atoms. The second kappa shape index (κ2) is 8.99. The molecule has 0 aliphatic carbocycles. The topological polar surface area (TPSA) is 60.9 Å². The number of piperidine rings is 1. The van der Waals surface area contributed by atoms with Crippen LogP contribution in [0.3, 0.4) is 0 Å². The first-order valence-corrected chi connectivity index (χ1v) is 10.3. The zero-order valence-electron chi connectivity index (χ0n) is 16.1. The molecule has 0 radical (unpaired) electrons. The molecule has 3 saturated heterocycles. The third-order valence-corrected chi connectivity index (χ3v) is 5.91. The van der Waals surface area contributed by atoms with Gasteiger partial charge >= 0.3 is 0 Å². The van der Waals surface area contributed by atoms with E-state index in [1.807, 2.05) is 12.3 Å². The number of ether oxygens (including phenoxy) is 1. The first-order valence-electron chi connectivity index (χ1n) is 10.3. The van der Waals surface area contributed by atoms with Gasteiger partial charge in [0.2, 0.25) is 5.91 Å². The van der Waals surface area contributed by atoms with Crippen molar-refractivity contribution in [1.29, 1.82) is 0 Å². The average Bonchev–Trinajstić information content (AvgIpc) is 2.75.